The normalized spacial score (nSPS) is 11.0. The number of hydrogen-bond donors (Lipinski definition) is 1. The molecule has 0 atom stereocenters. The number of nitrogens with one attached hydrogen (secondary N) is 1. The van der Waals surface area contributed by atoms with Gasteiger partial charge < -0.3 is 14.8 Å². The van der Waals surface area contributed by atoms with Crippen LogP contribution in [0, 0.1) is 6.92 Å². The second kappa shape index (κ2) is 7.55. The van der Waals surface area contributed by atoms with Gasteiger partial charge in [-0.05, 0) is 13.0 Å². The highest BCUT2D eigenvalue weighted by Gasteiger charge is 2.15. The van der Waals surface area contributed by atoms with Crippen molar-refractivity contribution in [3.8, 4) is 11.3 Å². The van der Waals surface area contributed by atoms with Crippen molar-refractivity contribution < 1.29 is 19.1 Å². The zero-order valence-electron chi connectivity index (χ0n) is 13.0. The van der Waals surface area contributed by atoms with Crippen LogP contribution in [0.15, 0.2) is 41.4 Å². The van der Waals surface area contributed by atoms with Crippen LogP contribution in [-0.2, 0) is 19.1 Å². The number of methoxy groups -OCH3 is 2. The number of para-hydroxylation sites is 1. The standard InChI is InChI=1S/C16H16N2O4S/c1-10-17-14(9-23-10)11-6-4-5-7-12(11)18-13(16(20)22-3)8-15(19)21-2/h4-9,18H,1-3H3/b13-8+. The average molecular weight is 332 g/mol. The number of rotatable bonds is 5. The lowest BCUT2D eigenvalue weighted by molar-refractivity contribution is -0.138. The SMILES string of the molecule is COC(=O)/C=C(/Nc1ccccc1-c1csc(C)n1)C(=O)OC. The molecule has 7 heteroatoms. The van der Waals surface area contributed by atoms with Crippen molar-refractivity contribution in [3.63, 3.8) is 0 Å². The fourth-order valence-electron chi connectivity index (χ4n) is 1.88. The minimum absolute atomic E-state index is 0.0150. The number of thiazole rings is 1. The van der Waals surface area contributed by atoms with Gasteiger partial charge in [0.25, 0.3) is 0 Å². The molecular formula is C16H16N2O4S. The molecule has 1 aromatic heterocycles. The van der Waals surface area contributed by atoms with E-state index in [9.17, 15) is 9.59 Å². The van der Waals surface area contributed by atoms with E-state index in [1.165, 1.54) is 25.6 Å². The molecule has 2 rings (SSSR count). The lowest BCUT2D eigenvalue weighted by atomic mass is 10.1. The molecule has 1 N–H and O–H groups in total. The molecule has 0 spiro atoms. The van der Waals surface area contributed by atoms with E-state index in [2.05, 4.69) is 19.8 Å². The maximum Gasteiger partial charge on any atom is 0.354 e. The highest BCUT2D eigenvalue weighted by molar-refractivity contribution is 7.09. The third kappa shape index (κ3) is 4.17. The number of aromatic nitrogens is 1. The molecule has 120 valence electrons. The smallest absolute Gasteiger partial charge is 0.354 e. The number of ether oxygens (including phenoxy) is 2. The summed E-state index contributed by atoms with van der Waals surface area (Å²) in [6.07, 6.45) is 1.05. The van der Waals surface area contributed by atoms with Crippen molar-refractivity contribution in [2.45, 2.75) is 6.92 Å². The monoisotopic (exact) mass is 332 g/mol. The number of esters is 2. The third-order valence-corrected chi connectivity index (χ3v) is 3.73. The van der Waals surface area contributed by atoms with E-state index in [-0.39, 0.29) is 5.70 Å². The van der Waals surface area contributed by atoms with Crippen molar-refractivity contribution in [2.75, 3.05) is 19.5 Å². The van der Waals surface area contributed by atoms with Crippen LogP contribution < -0.4 is 5.32 Å². The summed E-state index contributed by atoms with van der Waals surface area (Å²) in [4.78, 5) is 27.7. The van der Waals surface area contributed by atoms with E-state index >= 15 is 0 Å². The van der Waals surface area contributed by atoms with E-state index in [1.807, 2.05) is 30.5 Å². The Morgan fingerprint density at radius 1 is 1.22 bits per heavy atom. The highest BCUT2D eigenvalue weighted by atomic mass is 32.1. The second-order valence-electron chi connectivity index (χ2n) is 4.50. The molecule has 0 aliphatic carbocycles. The van der Waals surface area contributed by atoms with Crippen molar-refractivity contribution >= 4 is 29.0 Å². The largest absolute Gasteiger partial charge is 0.466 e. The Morgan fingerprint density at radius 3 is 2.57 bits per heavy atom. The van der Waals surface area contributed by atoms with Crippen LogP contribution in [0.2, 0.25) is 0 Å². The average Bonchev–Trinajstić information content (AvgIpc) is 3.00. The molecule has 0 aliphatic rings. The second-order valence-corrected chi connectivity index (χ2v) is 5.56. The Balaban J connectivity index is 2.39. The fourth-order valence-corrected chi connectivity index (χ4v) is 2.49. The predicted molar refractivity (Wildman–Crippen MR) is 88.0 cm³/mol. The molecule has 0 fully saturated rings. The fraction of sp³-hybridized carbons (Fsp3) is 0.188. The maximum absolute atomic E-state index is 11.8. The van der Waals surface area contributed by atoms with Gasteiger partial charge in [0.2, 0.25) is 0 Å². The van der Waals surface area contributed by atoms with Crippen molar-refractivity contribution in [3.05, 3.63) is 46.4 Å². The van der Waals surface area contributed by atoms with E-state index < -0.39 is 11.9 Å². The number of nitrogens with zero attached hydrogens (tertiary/aromatic N) is 1. The van der Waals surface area contributed by atoms with Crippen molar-refractivity contribution in [1.29, 1.82) is 0 Å². The molecule has 1 aromatic carbocycles. The number of aryl methyl sites for hydroxylation is 1. The number of anilines is 1. The summed E-state index contributed by atoms with van der Waals surface area (Å²) in [5.74, 6) is -1.32. The summed E-state index contributed by atoms with van der Waals surface area (Å²) < 4.78 is 9.25. The van der Waals surface area contributed by atoms with Crippen LogP contribution in [0.25, 0.3) is 11.3 Å². The minimum atomic E-state index is -0.667. The topological polar surface area (TPSA) is 77.5 Å². The van der Waals surface area contributed by atoms with Gasteiger partial charge in [0, 0.05) is 16.6 Å². The molecule has 0 radical (unpaired) electrons. The Bertz CT molecular complexity index is 752. The summed E-state index contributed by atoms with van der Waals surface area (Å²) in [6, 6.07) is 7.36. The molecule has 0 amide bonds. The molecule has 6 nitrogen and oxygen atoms in total. The van der Waals surface area contributed by atoms with Crippen molar-refractivity contribution in [1.82, 2.24) is 4.98 Å². The minimum Gasteiger partial charge on any atom is -0.466 e. The first-order valence-electron chi connectivity index (χ1n) is 6.71. The summed E-state index contributed by atoms with van der Waals surface area (Å²) in [5, 5.41) is 5.79. The lowest BCUT2D eigenvalue weighted by Gasteiger charge is -2.12. The van der Waals surface area contributed by atoms with Gasteiger partial charge in [-0.2, -0.15) is 0 Å². The van der Waals surface area contributed by atoms with Gasteiger partial charge in [-0.15, -0.1) is 11.3 Å². The first-order valence-corrected chi connectivity index (χ1v) is 7.59. The molecule has 0 unspecified atom stereocenters. The van der Waals surface area contributed by atoms with Gasteiger partial charge in [-0.3, -0.25) is 0 Å². The first-order chi connectivity index (χ1) is 11.0. The van der Waals surface area contributed by atoms with E-state index in [1.54, 1.807) is 6.07 Å². The summed E-state index contributed by atoms with van der Waals surface area (Å²) in [6.45, 7) is 1.92. The van der Waals surface area contributed by atoms with Crippen LogP contribution in [0.5, 0.6) is 0 Å². The lowest BCUT2D eigenvalue weighted by Crippen LogP contribution is -2.15. The Kier molecular flexibility index (Phi) is 5.48. The number of hydrogen-bond acceptors (Lipinski definition) is 7. The number of carbonyl (C=O) groups is 2. The zero-order valence-corrected chi connectivity index (χ0v) is 13.8. The quantitative estimate of drug-likeness (QED) is 0.670. The summed E-state index contributed by atoms with van der Waals surface area (Å²) >= 11 is 1.53. The predicted octanol–water partition coefficient (Wildman–Crippen LogP) is 2.76. The van der Waals surface area contributed by atoms with Gasteiger partial charge >= 0.3 is 11.9 Å². The molecule has 0 saturated heterocycles. The van der Waals surface area contributed by atoms with E-state index in [0.29, 0.717) is 5.69 Å². The van der Waals surface area contributed by atoms with Gasteiger partial charge in [0.05, 0.1) is 31.0 Å². The maximum atomic E-state index is 11.8. The van der Waals surface area contributed by atoms with Crippen LogP contribution in [-0.4, -0.2) is 31.1 Å². The van der Waals surface area contributed by atoms with Gasteiger partial charge in [0.1, 0.15) is 5.70 Å². The first kappa shape index (κ1) is 16.7. The van der Waals surface area contributed by atoms with Crippen LogP contribution in [0.3, 0.4) is 0 Å². The molecule has 2 aromatic rings. The molecule has 1 heterocycles. The summed E-state index contributed by atoms with van der Waals surface area (Å²) in [5.41, 5.74) is 2.23. The highest BCUT2D eigenvalue weighted by Crippen LogP contribution is 2.29. The molecular weight excluding hydrogens is 316 g/mol. The number of carbonyl (C=O) groups excluding carboxylic acids is 2. The molecule has 0 bridgehead atoms. The van der Waals surface area contributed by atoms with Gasteiger partial charge in [0.15, 0.2) is 0 Å². The van der Waals surface area contributed by atoms with Gasteiger partial charge in [-0.25, -0.2) is 14.6 Å². The van der Waals surface area contributed by atoms with Crippen LogP contribution in [0.1, 0.15) is 5.01 Å². The Hall–Kier alpha value is -2.67. The Labute approximate surface area is 137 Å². The number of benzene rings is 1. The van der Waals surface area contributed by atoms with Gasteiger partial charge in [-0.1, -0.05) is 18.2 Å². The molecule has 23 heavy (non-hydrogen) atoms. The third-order valence-electron chi connectivity index (χ3n) is 2.96. The van der Waals surface area contributed by atoms with Crippen LogP contribution in [0.4, 0.5) is 5.69 Å². The molecule has 0 aliphatic heterocycles. The Morgan fingerprint density at radius 2 is 1.96 bits per heavy atom. The molecule has 0 saturated carbocycles. The van der Waals surface area contributed by atoms with Crippen LogP contribution >= 0.6 is 11.3 Å². The zero-order chi connectivity index (χ0) is 16.8. The van der Waals surface area contributed by atoms with E-state index in [0.717, 1.165) is 22.3 Å². The van der Waals surface area contributed by atoms with Crippen molar-refractivity contribution in [2.24, 2.45) is 0 Å². The van der Waals surface area contributed by atoms with E-state index in [4.69, 9.17) is 0 Å². The summed E-state index contributed by atoms with van der Waals surface area (Å²) in [7, 11) is 2.48.